The summed E-state index contributed by atoms with van der Waals surface area (Å²) in [5.41, 5.74) is 2.73. The van der Waals surface area contributed by atoms with Gasteiger partial charge < -0.3 is 5.32 Å². The van der Waals surface area contributed by atoms with Gasteiger partial charge in [-0.1, -0.05) is 75.4 Å². The molecule has 3 rings (SSSR count). The van der Waals surface area contributed by atoms with Crippen LogP contribution in [-0.2, 0) is 10.2 Å². The van der Waals surface area contributed by atoms with Crippen LogP contribution in [0.25, 0.3) is 10.8 Å². The first-order valence-corrected chi connectivity index (χ1v) is 10.5. The summed E-state index contributed by atoms with van der Waals surface area (Å²) in [5, 5.41) is 5.12. The van der Waals surface area contributed by atoms with Gasteiger partial charge in [0.05, 0.1) is 11.5 Å². The molecule has 0 unspecified atom stereocenters. The summed E-state index contributed by atoms with van der Waals surface area (Å²) in [6, 6.07) is 21.6. The summed E-state index contributed by atoms with van der Waals surface area (Å²) in [7, 11) is 0. The molecule has 0 saturated carbocycles. The van der Waals surface area contributed by atoms with Crippen molar-refractivity contribution in [3.63, 3.8) is 0 Å². The molecule has 28 heavy (non-hydrogen) atoms. The van der Waals surface area contributed by atoms with E-state index in [4.69, 9.17) is 0 Å². The van der Waals surface area contributed by atoms with Gasteiger partial charge >= 0.3 is 0 Å². The number of carbonyl (C=O) groups is 2. The summed E-state index contributed by atoms with van der Waals surface area (Å²) in [5.74, 6) is 0.485. The highest BCUT2D eigenvalue weighted by atomic mass is 32.2. The van der Waals surface area contributed by atoms with E-state index >= 15 is 0 Å². The molecule has 0 atom stereocenters. The smallest absolute Gasteiger partial charge is 0.234 e. The lowest BCUT2D eigenvalue weighted by Crippen LogP contribution is -2.15. The minimum atomic E-state index is -0.101. The molecule has 144 valence electrons. The minimum absolute atomic E-state index is 0.0453. The highest BCUT2D eigenvalue weighted by molar-refractivity contribution is 8.00. The van der Waals surface area contributed by atoms with Gasteiger partial charge in [-0.15, -0.1) is 11.8 Å². The molecule has 3 aromatic rings. The molecule has 0 fully saturated rings. The Morgan fingerprint density at radius 3 is 2.21 bits per heavy atom. The molecule has 0 aliphatic carbocycles. The maximum absolute atomic E-state index is 12.3. The number of anilines is 1. The molecule has 0 aromatic heterocycles. The number of fused-ring (bicyclic) bond motifs is 1. The van der Waals surface area contributed by atoms with Crippen LogP contribution in [0.4, 0.5) is 5.69 Å². The molecule has 3 aromatic carbocycles. The zero-order chi connectivity index (χ0) is 20.1. The zero-order valence-corrected chi connectivity index (χ0v) is 17.3. The molecular formula is C24H25NO2S. The van der Waals surface area contributed by atoms with Gasteiger partial charge in [0.15, 0.2) is 5.78 Å². The van der Waals surface area contributed by atoms with Crippen LogP contribution in [0.15, 0.2) is 66.7 Å². The van der Waals surface area contributed by atoms with E-state index in [2.05, 4.69) is 26.1 Å². The minimum Gasteiger partial charge on any atom is -0.325 e. The third-order valence-electron chi connectivity index (χ3n) is 4.57. The van der Waals surface area contributed by atoms with Crippen LogP contribution in [0.1, 0.15) is 36.7 Å². The summed E-state index contributed by atoms with van der Waals surface area (Å²) in [6.45, 7) is 6.44. The largest absolute Gasteiger partial charge is 0.325 e. The number of carbonyl (C=O) groups excluding carboxylic acids is 2. The van der Waals surface area contributed by atoms with Crippen molar-refractivity contribution in [3.8, 4) is 0 Å². The van der Waals surface area contributed by atoms with Crippen LogP contribution in [0.5, 0.6) is 0 Å². The Morgan fingerprint density at radius 1 is 0.857 bits per heavy atom. The maximum atomic E-state index is 12.3. The van der Waals surface area contributed by atoms with Gasteiger partial charge in [0.2, 0.25) is 5.91 Å². The lowest BCUT2D eigenvalue weighted by Gasteiger charge is -2.18. The SMILES string of the molecule is CC(C)(C)c1ccc(C(=O)CSCC(=O)Nc2ccc3ccccc3c2)cc1. The van der Waals surface area contributed by atoms with E-state index in [-0.39, 0.29) is 22.9 Å². The van der Waals surface area contributed by atoms with Gasteiger partial charge in [-0.25, -0.2) is 0 Å². The summed E-state index contributed by atoms with van der Waals surface area (Å²) < 4.78 is 0. The average Bonchev–Trinajstić information content (AvgIpc) is 2.67. The van der Waals surface area contributed by atoms with Gasteiger partial charge in [-0.05, 0) is 33.9 Å². The molecule has 0 bridgehead atoms. The first-order valence-electron chi connectivity index (χ1n) is 9.33. The highest BCUT2D eigenvalue weighted by Crippen LogP contribution is 2.23. The lowest BCUT2D eigenvalue weighted by molar-refractivity contribution is -0.113. The topological polar surface area (TPSA) is 46.2 Å². The maximum Gasteiger partial charge on any atom is 0.234 e. The second-order valence-electron chi connectivity index (χ2n) is 7.85. The fraction of sp³-hybridized carbons (Fsp3) is 0.250. The van der Waals surface area contributed by atoms with E-state index in [0.717, 1.165) is 16.5 Å². The van der Waals surface area contributed by atoms with E-state index in [1.807, 2.05) is 66.7 Å². The van der Waals surface area contributed by atoms with Crippen LogP contribution in [0.3, 0.4) is 0 Å². The van der Waals surface area contributed by atoms with Crippen molar-refractivity contribution in [2.45, 2.75) is 26.2 Å². The summed E-state index contributed by atoms with van der Waals surface area (Å²) in [6.07, 6.45) is 0. The van der Waals surface area contributed by atoms with Crippen molar-refractivity contribution in [2.75, 3.05) is 16.8 Å². The molecule has 0 spiro atoms. The number of thioether (sulfide) groups is 1. The van der Waals surface area contributed by atoms with Crippen molar-refractivity contribution in [2.24, 2.45) is 0 Å². The second kappa shape index (κ2) is 8.61. The van der Waals surface area contributed by atoms with Crippen molar-refractivity contribution < 1.29 is 9.59 Å². The van der Waals surface area contributed by atoms with Crippen molar-refractivity contribution >= 4 is 39.9 Å². The number of amides is 1. The van der Waals surface area contributed by atoms with E-state index < -0.39 is 0 Å². The van der Waals surface area contributed by atoms with Crippen molar-refractivity contribution in [3.05, 3.63) is 77.9 Å². The predicted octanol–water partition coefficient (Wildman–Crippen LogP) is 5.69. The first-order chi connectivity index (χ1) is 13.3. The standard InChI is InChI=1S/C24H25NO2S/c1-24(2,3)20-11-8-18(9-12-20)22(26)15-28-16-23(27)25-21-13-10-17-6-4-5-7-19(17)14-21/h4-14H,15-16H2,1-3H3,(H,25,27). The lowest BCUT2D eigenvalue weighted by atomic mass is 9.86. The van der Waals surface area contributed by atoms with E-state index in [1.165, 1.54) is 17.3 Å². The Hall–Kier alpha value is -2.59. The summed E-state index contributed by atoms with van der Waals surface area (Å²) in [4.78, 5) is 24.5. The van der Waals surface area contributed by atoms with Gasteiger partial charge in [0.1, 0.15) is 0 Å². The number of hydrogen-bond acceptors (Lipinski definition) is 3. The fourth-order valence-corrected chi connectivity index (χ4v) is 3.65. The molecule has 1 N–H and O–H groups in total. The molecule has 0 radical (unpaired) electrons. The third kappa shape index (κ3) is 5.23. The Kier molecular flexibility index (Phi) is 6.20. The molecular weight excluding hydrogens is 366 g/mol. The summed E-state index contributed by atoms with van der Waals surface area (Å²) >= 11 is 1.34. The van der Waals surface area contributed by atoms with Crippen LogP contribution < -0.4 is 5.32 Å². The third-order valence-corrected chi connectivity index (χ3v) is 5.51. The zero-order valence-electron chi connectivity index (χ0n) is 16.5. The molecule has 1 amide bonds. The molecule has 0 aliphatic rings. The number of Topliss-reactive ketones (excluding diaryl/α,β-unsaturated/α-hetero) is 1. The molecule has 0 heterocycles. The van der Waals surface area contributed by atoms with Crippen molar-refractivity contribution in [1.82, 2.24) is 0 Å². The van der Waals surface area contributed by atoms with Crippen LogP contribution in [-0.4, -0.2) is 23.2 Å². The Bertz CT molecular complexity index is 987. The van der Waals surface area contributed by atoms with Gasteiger partial charge in [0.25, 0.3) is 0 Å². The Balaban J connectivity index is 1.49. The van der Waals surface area contributed by atoms with Crippen LogP contribution >= 0.6 is 11.8 Å². The quantitative estimate of drug-likeness (QED) is 0.549. The molecule has 0 aliphatic heterocycles. The van der Waals surface area contributed by atoms with E-state index in [1.54, 1.807) is 0 Å². The van der Waals surface area contributed by atoms with Crippen LogP contribution in [0.2, 0.25) is 0 Å². The van der Waals surface area contributed by atoms with Gasteiger partial charge in [0, 0.05) is 11.3 Å². The molecule has 0 saturated heterocycles. The number of rotatable bonds is 6. The van der Waals surface area contributed by atoms with Crippen molar-refractivity contribution in [1.29, 1.82) is 0 Å². The van der Waals surface area contributed by atoms with E-state index in [0.29, 0.717) is 11.3 Å². The van der Waals surface area contributed by atoms with Gasteiger partial charge in [-0.2, -0.15) is 0 Å². The van der Waals surface area contributed by atoms with E-state index in [9.17, 15) is 9.59 Å². The predicted molar refractivity (Wildman–Crippen MR) is 119 cm³/mol. The Labute approximate surface area is 170 Å². The first kappa shape index (κ1) is 20.2. The van der Waals surface area contributed by atoms with Crippen LogP contribution in [0, 0.1) is 0 Å². The molecule has 3 nitrogen and oxygen atoms in total. The fourth-order valence-electron chi connectivity index (χ4n) is 2.94. The number of hydrogen-bond donors (Lipinski definition) is 1. The average molecular weight is 392 g/mol. The normalized spacial score (nSPS) is 11.4. The monoisotopic (exact) mass is 391 g/mol. The number of benzene rings is 3. The number of ketones is 1. The van der Waals surface area contributed by atoms with Gasteiger partial charge in [-0.3, -0.25) is 9.59 Å². The Morgan fingerprint density at radius 2 is 1.54 bits per heavy atom. The second-order valence-corrected chi connectivity index (χ2v) is 8.84. The highest BCUT2D eigenvalue weighted by Gasteiger charge is 2.14. The molecule has 4 heteroatoms. The number of nitrogens with one attached hydrogen (secondary N) is 1.